The Balaban J connectivity index is 2.78. The van der Waals surface area contributed by atoms with E-state index in [4.69, 9.17) is 16.7 Å². The van der Waals surface area contributed by atoms with Crippen LogP contribution in [0.15, 0.2) is 22.7 Å². The lowest BCUT2D eigenvalue weighted by Crippen LogP contribution is -2.12. The van der Waals surface area contributed by atoms with Crippen LogP contribution in [-0.4, -0.2) is 11.1 Å². The van der Waals surface area contributed by atoms with Crippen molar-refractivity contribution in [1.29, 1.82) is 0 Å². The minimum absolute atomic E-state index is 0.382. The van der Waals surface area contributed by atoms with Gasteiger partial charge in [-0.15, -0.1) is 0 Å². The molecule has 0 bridgehead atoms. The first-order valence-electron chi connectivity index (χ1n) is 4.17. The fraction of sp³-hybridized carbons (Fsp3) is 0.300. The van der Waals surface area contributed by atoms with Gasteiger partial charge in [0.25, 0.3) is 0 Å². The summed E-state index contributed by atoms with van der Waals surface area (Å²) in [6.07, 6.45) is 0.502. The van der Waals surface area contributed by atoms with Crippen molar-refractivity contribution < 1.29 is 9.90 Å². The van der Waals surface area contributed by atoms with Crippen LogP contribution in [0.3, 0.4) is 0 Å². The van der Waals surface area contributed by atoms with Gasteiger partial charge in [-0.25, -0.2) is 0 Å². The third-order valence-electron chi connectivity index (χ3n) is 1.95. The molecule has 0 aromatic heterocycles. The van der Waals surface area contributed by atoms with Crippen molar-refractivity contribution in [2.75, 3.05) is 0 Å². The zero-order valence-corrected chi connectivity index (χ0v) is 9.97. The van der Waals surface area contributed by atoms with Crippen LogP contribution in [0.1, 0.15) is 12.5 Å². The number of aliphatic carboxylic acids is 1. The minimum atomic E-state index is -0.788. The predicted molar refractivity (Wildman–Crippen MR) is 59.7 cm³/mol. The first kappa shape index (κ1) is 11.5. The minimum Gasteiger partial charge on any atom is -0.481 e. The lowest BCUT2D eigenvalue weighted by Gasteiger charge is -2.06. The number of benzene rings is 1. The molecule has 0 amide bonds. The second-order valence-electron chi connectivity index (χ2n) is 3.19. The van der Waals surface area contributed by atoms with Crippen LogP contribution in [0, 0.1) is 5.92 Å². The fourth-order valence-electron chi connectivity index (χ4n) is 1.11. The molecule has 0 fully saturated rings. The molecule has 0 aliphatic carbocycles. The van der Waals surface area contributed by atoms with E-state index in [0.29, 0.717) is 11.4 Å². The van der Waals surface area contributed by atoms with Crippen LogP contribution in [0.2, 0.25) is 5.02 Å². The maximum absolute atomic E-state index is 10.6. The van der Waals surface area contributed by atoms with Gasteiger partial charge in [0.1, 0.15) is 0 Å². The van der Waals surface area contributed by atoms with E-state index in [0.717, 1.165) is 10.0 Å². The number of rotatable bonds is 3. The molecular weight excluding hydrogens is 267 g/mol. The van der Waals surface area contributed by atoms with Gasteiger partial charge in [-0.2, -0.15) is 0 Å². The van der Waals surface area contributed by atoms with Crippen molar-refractivity contribution in [3.05, 3.63) is 33.3 Å². The van der Waals surface area contributed by atoms with Crippen molar-refractivity contribution >= 4 is 33.5 Å². The van der Waals surface area contributed by atoms with E-state index in [1.165, 1.54) is 0 Å². The van der Waals surface area contributed by atoms with Gasteiger partial charge in [0.2, 0.25) is 0 Å². The number of hydrogen-bond acceptors (Lipinski definition) is 1. The lowest BCUT2D eigenvalue weighted by molar-refractivity contribution is -0.141. The third-order valence-corrected chi connectivity index (χ3v) is 3.18. The average molecular weight is 278 g/mol. The second-order valence-corrected chi connectivity index (χ2v) is 4.45. The first-order chi connectivity index (χ1) is 6.50. The second kappa shape index (κ2) is 4.80. The molecule has 0 radical (unpaired) electrons. The van der Waals surface area contributed by atoms with Gasteiger partial charge in [0.15, 0.2) is 0 Å². The van der Waals surface area contributed by atoms with Gasteiger partial charge < -0.3 is 5.11 Å². The molecule has 0 heterocycles. The molecule has 14 heavy (non-hydrogen) atoms. The Morgan fingerprint density at radius 1 is 1.64 bits per heavy atom. The molecule has 1 rings (SSSR count). The molecule has 0 aliphatic heterocycles. The number of halogens is 2. The summed E-state index contributed by atoms with van der Waals surface area (Å²) >= 11 is 9.16. The van der Waals surface area contributed by atoms with E-state index in [9.17, 15) is 4.79 Å². The molecule has 0 spiro atoms. The number of hydrogen-bond donors (Lipinski definition) is 1. The van der Waals surface area contributed by atoms with Crippen molar-refractivity contribution in [2.45, 2.75) is 13.3 Å². The highest BCUT2D eigenvalue weighted by Crippen LogP contribution is 2.24. The zero-order chi connectivity index (χ0) is 10.7. The zero-order valence-electron chi connectivity index (χ0n) is 7.63. The Kier molecular flexibility index (Phi) is 3.96. The molecule has 1 atom stereocenters. The van der Waals surface area contributed by atoms with Crippen LogP contribution >= 0.6 is 27.5 Å². The molecule has 4 heteroatoms. The highest BCUT2D eigenvalue weighted by atomic mass is 79.9. The van der Waals surface area contributed by atoms with Gasteiger partial charge in [-0.05, 0) is 40.0 Å². The van der Waals surface area contributed by atoms with Crippen molar-refractivity contribution in [2.24, 2.45) is 5.92 Å². The molecule has 2 nitrogen and oxygen atoms in total. The fourth-order valence-corrected chi connectivity index (χ4v) is 1.56. The quantitative estimate of drug-likeness (QED) is 0.920. The van der Waals surface area contributed by atoms with E-state index >= 15 is 0 Å². The summed E-state index contributed by atoms with van der Waals surface area (Å²) in [7, 11) is 0. The monoisotopic (exact) mass is 276 g/mol. The molecule has 0 saturated carbocycles. The maximum Gasteiger partial charge on any atom is 0.306 e. The predicted octanol–water partition coefficient (Wildman–Crippen LogP) is 3.37. The molecule has 0 saturated heterocycles. The average Bonchev–Trinajstić information content (AvgIpc) is 2.11. The standard InChI is InChI=1S/C10H10BrClO2/c1-6(10(13)14)4-7-2-3-8(11)9(12)5-7/h2-3,5-6H,4H2,1H3,(H,13,14)/t6-/m0/s1. The van der Waals surface area contributed by atoms with Crippen molar-refractivity contribution in [3.8, 4) is 0 Å². The largest absolute Gasteiger partial charge is 0.481 e. The molecule has 1 aromatic rings. The van der Waals surface area contributed by atoms with Gasteiger partial charge in [-0.1, -0.05) is 24.6 Å². The lowest BCUT2D eigenvalue weighted by atomic mass is 10.0. The summed E-state index contributed by atoms with van der Waals surface area (Å²) < 4.78 is 0.825. The summed E-state index contributed by atoms with van der Waals surface area (Å²) in [6.45, 7) is 1.68. The topological polar surface area (TPSA) is 37.3 Å². The van der Waals surface area contributed by atoms with Gasteiger partial charge >= 0.3 is 5.97 Å². The maximum atomic E-state index is 10.6. The van der Waals surface area contributed by atoms with Crippen LogP contribution in [-0.2, 0) is 11.2 Å². The van der Waals surface area contributed by atoms with Crippen LogP contribution in [0.4, 0.5) is 0 Å². The Hall–Kier alpha value is -0.540. The van der Waals surface area contributed by atoms with E-state index in [-0.39, 0.29) is 5.92 Å². The molecule has 0 unspecified atom stereocenters. The van der Waals surface area contributed by atoms with E-state index < -0.39 is 5.97 Å². The Morgan fingerprint density at radius 3 is 2.79 bits per heavy atom. The molecule has 1 N–H and O–H groups in total. The van der Waals surface area contributed by atoms with Gasteiger partial charge in [-0.3, -0.25) is 4.79 Å². The Bertz CT molecular complexity index is 352. The summed E-state index contributed by atoms with van der Waals surface area (Å²) in [5.74, 6) is -1.17. The van der Waals surface area contributed by atoms with Crippen LogP contribution < -0.4 is 0 Å². The summed E-state index contributed by atoms with van der Waals surface area (Å²) in [5, 5.41) is 9.34. The molecule has 1 aromatic carbocycles. The molecule has 0 aliphatic rings. The summed E-state index contributed by atoms with van der Waals surface area (Å²) in [5.41, 5.74) is 0.938. The Morgan fingerprint density at radius 2 is 2.29 bits per heavy atom. The summed E-state index contributed by atoms with van der Waals surface area (Å²) in [4.78, 5) is 10.6. The van der Waals surface area contributed by atoms with Crippen LogP contribution in [0.25, 0.3) is 0 Å². The van der Waals surface area contributed by atoms with Gasteiger partial charge in [0.05, 0.1) is 10.9 Å². The highest BCUT2D eigenvalue weighted by Gasteiger charge is 2.11. The number of carboxylic acid groups (broad SMARTS) is 1. The van der Waals surface area contributed by atoms with E-state index in [2.05, 4.69) is 15.9 Å². The SMILES string of the molecule is C[C@@H](Cc1ccc(Br)c(Cl)c1)C(=O)O. The first-order valence-corrected chi connectivity index (χ1v) is 5.34. The number of carboxylic acids is 1. The smallest absolute Gasteiger partial charge is 0.306 e. The normalized spacial score (nSPS) is 12.5. The van der Waals surface area contributed by atoms with Crippen LogP contribution in [0.5, 0.6) is 0 Å². The van der Waals surface area contributed by atoms with E-state index in [1.807, 2.05) is 12.1 Å². The number of carbonyl (C=O) groups is 1. The summed E-state index contributed by atoms with van der Waals surface area (Å²) in [6, 6.07) is 5.48. The Labute approximate surface area is 96.0 Å². The van der Waals surface area contributed by atoms with E-state index in [1.54, 1.807) is 13.0 Å². The van der Waals surface area contributed by atoms with Gasteiger partial charge in [0, 0.05) is 4.47 Å². The third kappa shape index (κ3) is 3.00. The van der Waals surface area contributed by atoms with Crippen molar-refractivity contribution in [1.82, 2.24) is 0 Å². The van der Waals surface area contributed by atoms with Crippen molar-refractivity contribution in [3.63, 3.8) is 0 Å². The molecule has 76 valence electrons. The molecular formula is C10H10BrClO2. The highest BCUT2D eigenvalue weighted by molar-refractivity contribution is 9.10.